The van der Waals surface area contributed by atoms with Crippen LogP contribution in [0.3, 0.4) is 0 Å². The first-order valence-corrected chi connectivity index (χ1v) is 8.73. The summed E-state index contributed by atoms with van der Waals surface area (Å²) >= 11 is 0. The molecule has 0 aliphatic rings. The minimum Gasteiger partial charge on any atom is -0.336 e. The standard InChI is InChI=1S/C21H25N3O3/c1-14-6-5-7-15(2)21(14)23-19(26)13-24(4)20(27)12-17-8-10-18(11-9-17)22-16(3)25/h5-11H,12-13H2,1-4H3,(H,22,25)(H,23,26). The van der Waals surface area contributed by atoms with Crippen LogP contribution in [0.15, 0.2) is 42.5 Å². The number of likely N-dealkylation sites (N-methyl/N-ethyl adjacent to an activating group) is 1. The summed E-state index contributed by atoms with van der Waals surface area (Å²) in [5.41, 5.74) is 4.25. The molecule has 0 aliphatic carbocycles. The molecular weight excluding hydrogens is 342 g/mol. The third-order valence-corrected chi connectivity index (χ3v) is 4.18. The fraction of sp³-hybridized carbons (Fsp3) is 0.286. The van der Waals surface area contributed by atoms with Crippen LogP contribution in [0.4, 0.5) is 11.4 Å². The average molecular weight is 367 g/mol. The first kappa shape index (κ1) is 20.2. The highest BCUT2D eigenvalue weighted by Crippen LogP contribution is 2.19. The number of rotatable bonds is 6. The lowest BCUT2D eigenvalue weighted by atomic mass is 10.1. The smallest absolute Gasteiger partial charge is 0.243 e. The molecule has 2 aromatic rings. The molecule has 27 heavy (non-hydrogen) atoms. The number of anilines is 2. The highest BCUT2D eigenvalue weighted by molar-refractivity contribution is 5.96. The van der Waals surface area contributed by atoms with Gasteiger partial charge >= 0.3 is 0 Å². The van der Waals surface area contributed by atoms with Crippen LogP contribution in [0.1, 0.15) is 23.6 Å². The van der Waals surface area contributed by atoms with Crippen molar-refractivity contribution < 1.29 is 14.4 Å². The van der Waals surface area contributed by atoms with Crippen LogP contribution >= 0.6 is 0 Å². The number of carbonyl (C=O) groups excluding carboxylic acids is 3. The Balaban J connectivity index is 1.91. The molecule has 0 spiro atoms. The molecule has 142 valence electrons. The van der Waals surface area contributed by atoms with Gasteiger partial charge in [0.05, 0.1) is 13.0 Å². The van der Waals surface area contributed by atoms with E-state index in [0.717, 1.165) is 22.4 Å². The summed E-state index contributed by atoms with van der Waals surface area (Å²) in [7, 11) is 1.61. The topological polar surface area (TPSA) is 78.5 Å². The third-order valence-electron chi connectivity index (χ3n) is 4.18. The van der Waals surface area contributed by atoms with Gasteiger partial charge in [0.25, 0.3) is 0 Å². The van der Waals surface area contributed by atoms with Gasteiger partial charge in [0, 0.05) is 25.3 Å². The first-order chi connectivity index (χ1) is 12.8. The Bertz CT molecular complexity index is 824. The summed E-state index contributed by atoms with van der Waals surface area (Å²) in [6.07, 6.45) is 0.188. The largest absolute Gasteiger partial charge is 0.336 e. The van der Waals surface area contributed by atoms with Crippen molar-refractivity contribution in [3.8, 4) is 0 Å². The second kappa shape index (κ2) is 8.98. The number of para-hydroxylation sites is 1. The van der Waals surface area contributed by atoms with Gasteiger partial charge in [-0.05, 0) is 42.7 Å². The number of aryl methyl sites for hydroxylation is 2. The van der Waals surface area contributed by atoms with Crippen LogP contribution in [-0.2, 0) is 20.8 Å². The van der Waals surface area contributed by atoms with Crippen molar-refractivity contribution in [2.24, 2.45) is 0 Å². The summed E-state index contributed by atoms with van der Waals surface area (Å²) in [6, 6.07) is 12.9. The molecule has 2 N–H and O–H groups in total. The SMILES string of the molecule is CC(=O)Nc1ccc(CC(=O)N(C)CC(=O)Nc2c(C)cccc2C)cc1. The molecule has 6 heteroatoms. The van der Waals surface area contributed by atoms with E-state index in [1.807, 2.05) is 32.0 Å². The summed E-state index contributed by atoms with van der Waals surface area (Å²) in [6.45, 7) is 5.29. The first-order valence-electron chi connectivity index (χ1n) is 8.73. The van der Waals surface area contributed by atoms with Crippen molar-refractivity contribution in [1.29, 1.82) is 0 Å². The molecule has 0 saturated carbocycles. The van der Waals surface area contributed by atoms with E-state index >= 15 is 0 Å². The zero-order valence-corrected chi connectivity index (χ0v) is 16.1. The van der Waals surface area contributed by atoms with Gasteiger partial charge in [0.2, 0.25) is 17.7 Å². The van der Waals surface area contributed by atoms with Gasteiger partial charge in [-0.2, -0.15) is 0 Å². The van der Waals surface area contributed by atoms with E-state index in [1.54, 1.807) is 31.3 Å². The minimum absolute atomic E-state index is 0.0173. The maximum Gasteiger partial charge on any atom is 0.243 e. The predicted molar refractivity (Wildman–Crippen MR) is 107 cm³/mol. The lowest BCUT2D eigenvalue weighted by molar-refractivity contribution is -0.132. The lowest BCUT2D eigenvalue weighted by Crippen LogP contribution is -2.36. The molecule has 2 rings (SSSR count). The van der Waals surface area contributed by atoms with Crippen molar-refractivity contribution in [3.05, 3.63) is 59.2 Å². The Morgan fingerprint density at radius 1 is 0.926 bits per heavy atom. The summed E-state index contributed by atoms with van der Waals surface area (Å²) in [4.78, 5) is 37.1. The molecule has 6 nitrogen and oxygen atoms in total. The molecule has 0 heterocycles. The van der Waals surface area contributed by atoms with Gasteiger partial charge in [0.1, 0.15) is 0 Å². The molecule has 0 unspecified atom stereocenters. The van der Waals surface area contributed by atoms with E-state index in [1.165, 1.54) is 11.8 Å². The molecular formula is C21H25N3O3. The van der Waals surface area contributed by atoms with Crippen LogP contribution in [0.2, 0.25) is 0 Å². The van der Waals surface area contributed by atoms with Crippen molar-refractivity contribution in [1.82, 2.24) is 4.90 Å². The fourth-order valence-electron chi connectivity index (χ4n) is 2.71. The second-order valence-electron chi connectivity index (χ2n) is 6.62. The van der Waals surface area contributed by atoms with Crippen molar-refractivity contribution in [2.45, 2.75) is 27.2 Å². The minimum atomic E-state index is -0.232. The molecule has 2 aromatic carbocycles. The number of hydrogen-bond acceptors (Lipinski definition) is 3. The lowest BCUT2D eigenvalue weighted by Gasteiger charge is -2.18. The monoisotopic (exact) mass is 367 g/mol. The summed E-state index contributed by atoms with van der Waals surface area (Å²) < 4.78 is 0. The fourth-order valence-corrected chi connectivity index (χ4v) is 2.71. The van der Waals surface area contributed by atoms with E-state index in [-0.39, 0.29) is 30.7 Å². The molecule has 0 saturated heterocycles. The highest BCUT2D eigenvalue weighted by atomic mass is 16.2. The van der Waals surface area contributed by atoms with Crippen LogP contribution in [0.5, 0.6) is 0 Å². The quantitative estimate of drug-likeness (QED) is 0.824. The van der Waals surface area contributed by atoms with Crippen molar-refractivity contribution >= 4 is 29.1 Å². The Morgan fingerprint density at radius 3 is 2.07 bits per heavy atom. The number of carbonyl (C=O) groups is 3. The van der Waals surface area contributed by atoms with E-state index in [4.69, 9.17) is 0 Å². The number of amides is 3. The van der Waals surface area contributed by atoms with Crippen molar-refractivity contribution in [2.75, 3.05) is 24.2 Å². The van der Waals surface area contributed by atoms with Crippen LogP contribution in [0, 0.1) is 13.8 Å². The second-order valence-corrected chi connectivity index (χ2v) is 6.62. The van der Waals surface area contributed by atoms with E-state index in [2.05, 4.69) is 10.6 Å². The third kappa shape index (κ3) is 5.95. The Hall–Kier alpha value is -3.15. The van der Waals surface area contributed by atoms with Crippen LogP contribution in [0.25, 0.3) is 0 Å². The van der Waals surface area contributed by atoms with Gasteiger partial charge in [-0.25, -0.2) is 0 Å². The Morgan fingerprint density at radius 2 is 1.52 bits per heavy atom. The van der Waals surface area contributed by atoms with Gasteiger partial charge < -0.3 is 15.5 Å². The number of nitrogens with zero attached hydrogens (tertiary/aromatic N) is 1. The molecule has 0 fully saturated rings. The zero-order valence-electron chi connectivity index (χ0n) is 16.1. The van der Waals surface area contributed by atoms with Crippen LogP contribution < -0.4 is 10.6 Å². The summed E-state index contributed by atoms with van der Waals surface area (Å²) in [5.74, 6) is -0.531. The van der Waals surface area contributed by atoms with Crippen LogP contribution in [-0.4, -0.2) is 36.2 Å². The Kier molecular flexibility index (Phi) is 6.71. The van der Waals surface area contributed by atoms with E-state index < -0.39 is 0 Å². The van der Waals surface area contributed by atoms with Crippen molar-refractivity contribution in [3.63, 3.8) is 0 Å². The van der Waals surface area contributed by atoms with Gasteiger partial charge in [0.15, 0.2) is 0 Å². The molecule has 0 atom stereocenters. The van der Waals surface area contributed by atoms with Gasteiger partial charge in [-0.3, -0.25) is 14.4 Å². The molecule has 0 aliphatic heterocycles. The van der Waals surface area contributed by atoms with E-state index in [9.17, 15) is 14.4 Å². The van der Waals surface area contributed by atoms with Gasteiger partial charge in [-0.15, -0.1) is 0 Å². The maximum absolute atomic E-state index is 12.4. The molecule has 3 amide bonds. The highest BCUT2D eigenvalue weighted by Gasteiger charge is 2.15. The predicted octanol–water partition coefficient (Wildman–Crippen LogP) is 2.90. The van der Waals surface area contributed by atoms with E-state index in [0.29, 0.717) is 5.69 Å². The number of hydrogen-bond donors (Lipinski definition) is 2. The molecule has 0 radical (unpaired) electrons. The Labute approximate surface area is 159 Å². The average Bonchev–Trinajstić information content (AvgIpc) is 2.59. The number of benzene rings is 2. The molecule has 0 aromatic heterocycles. The summed E-state index contributed by atoms with van der Waals surface area (Å²) in [5, 5.41) is 5.56. The zero-order chi connectivity index (χ0) is 20.0. The molecule has 0 bridgehead atoms. The maximum atomic E-state index is 12.4. The van der Waals surface area contributed by atoms with Gasteiger partial charge in [-0.1, -0.05) is 30.3 Å². The normalized spacial score (nSPS) is 10.2. The number of nitrogens with one attached hydrogen (secondary N) is 2.